The lowest BCUT2D eigenvalue weighted by Crippen LogP contribution is -2.37. The first kappa shape index (κ1) is 13.8. The van der Waals surface area contributed by atoms with Crippen LogP contribution >= 0.6 is 0 Å². The molecule has 0 unspecified atom stereocenters. The van der Waals surface area contributed by atoms with Crippen molar-refractivity contribution in [2.24, 2.45) is 0 Å². The molecule has 0 radical (unpaired) electrons. The maximum Gasteiger partial charge on any atom is 0.411 e. The van der Waals surface area contributed by atoms with E-state index in [-0.39, 0.29) is 0 Å². The van der Waals surface area contributed by atoms with Crippen molar-refractivity contribution in [3.05, 3.63) is 30.3 Å². The average Bonchev–Trinajstić information content (AvgIpc) is 2.46. The lowest BCUT2D eigenvalue weighted by molar-refractivity contribution is 0.0348. The van der Waals surface area contributed by atoms with E-state index < -0.39 is 6.09 Å². The van der Waals surface area contributed by atoms with Crippen LogP contribution in [-0.4, -0.2) is 50.4 Å². The van der Waals surface area contributed by atoms with E-state index >= 15 is 0 Å². The maximum atomic E-state index is 11.5. The number of rotatable bonds is 5. The molecule has 19 heavy (non-hydrogen) atoms. The molecular weight excluding hydrogens is 244 g/mol. The molecule has 1 aromatic rings. The van der Waals surface area contributed by atoms with Gasteiger partial charge in [0.15, 0.2) is 0 Å². The molecule has 0 aliphatic carbocycles. The summed E-state index contributed by atoms with van der Waals surface area (Å²) in [6.07, 6.45) is 0.454. The van der Waals surface area contributed by atoms with Crippen molar-refractivity contribution in [3.8, 4) is 0 Å². The molecule has 0 spiro atoms. The number of hydrogen-bond acceptors (Lipinski definition) is 4. The lowest BCUT2D eigenvalue weighted by atomic mass is 10.3. The van der Waals surface area contributed by atoms with Gasteiger partial charge < -0.3 is 9.47 Å². The minimum absolute atomic E-state index is 0.395. The fourth-order valence-corrected chi connectivity index (χ4v) is 1.95. The Labute approximate surface area is 113 Å². The summed E-state index contributed by atoms with van der Waals surface area (Å²) in [4.78, 5) is 13.8. The first-order valence-electron chi connectivity index (χ1n) is 6.63. The quantitative estimate of drug-likeness (QED) is 0.826. The summed E-state index contributed by atoms with van der Waals surface area (Å²) in [5, 5.41) is 2.69. The minimum Gasteiger partial charge on any atom is -0.449 e. The molecule has 1 aliphatic heterocycles. The van der Waals surface area contributed by atoms with E-state index in [9.17, 15) is 4.79 Å². The van der Waals surface area contributed by atoms with Crippen molar-refractivity contribution in [1.29, 1.82) is 0 Å². The standard InChI is InChI=1S/C14H20N2O3/c17-14(15-13-5-2-1-3-6-13)19-10-4-7-16-8-11-18-12-9-16/h1-3,5-6H,4,7-12H2,(H,15,17). The Morgan fingerprint density at radius 1 is 1.26 bits per heavy atom. The lowest BCUT2D eigenvalue weighted by Gasteiger charge is -2.26. The van der Waals surface area contributed by atoms with Gasteiger partial charge in [-0.15, -0.1) is 0 Å². The number of ether oxygens (including phenoxy) is 2. The maximum absolute atomic E-state index is 11.5. The first-order chi connectivity index (χ1) is 9.34. The van der Waals surface area contributed by atoms with Crippen LogP contribution in [0, 0.1) is 0 Å². The van der Waals surface area contributed by atoms with Crippen LogP contribution in [0.1, 0.15) is 6.42 Å². The number of carbonyl (C=O) groups excluding carboxylic acids is 1. The number of amides is 1. The molecular formula is C14H20N2O3. The summed E-state index contributed by atoms with van der Waals surface area (Å²) in [5.41, 5.74) is 0.751. The molecule has 0 saturated carbocycles. The van der Waals surface area contributed by atoms with Crippen LogP contribution in [0.15, 0.2) is 30.3 Å². The molecule has 0 bridgehead atoms. The van der Waals surface area contributed by atoms with Gasteiger partial charge in [0.05, 0.1) is 19.8 Å². The van der Waals surface area contributed by atoms with Crippen molar-refractivity contribution in [2.75, 3.05) is 44.8 Å². The highest BCUT2D eigenvalue weighted by Crippen LogP contribution is 2.05. The normalized spacial score (nSPS) is 16.0. The second kappa shape index (κ2) is 7.76. The van der Waals surface area contributed by atoms with Crippen LogP contribution in [0.25, 0.3) is 0 Å². The van der Waals surface area contributed by atoms with Crippen molar-refractivity contribution >= 4 is 11.8 Å². The molecule has 2 rings (SSSR count). The highest BCUT2D eigenvalue weighted by atomic mass is 16.5. The Morgan fingerprint density at radius 3 is 2.74 bits per heavy atom. The van der Waals surface area contributed by atoms with E-state index in [0.29, 0.717) is 6.61 Å². The number of anilines is 1. The zero-order valence-electron chi connectivity index (χ0n) is 11.0. The highest BCUT2D eigenvalue weighted by Gasteiger charge is 2.09. The second-order valence-corrected chi connectivity index (χ2v) is 4.43. The SMILES string of the molecule is O=C(Nc1ccccc1)OCCCN1CCOCC1. The van der Waals surface area contributed by atoms with E-state index in [0.717, 1.165) is 45.0 Å². The summed E-state index contributed by atoms with van der Waals surface area (Å²) in [7, 11) is 0. The fourth-order valence-electron chi connectivity index (χ4n) is 1.95. The van der Waals surface area contributed by atoms with Crippen molar-refractivity contribution < 1.29 is 14.3 Å². The van der Waals surface area contributed by atoms with Crippen LogP contribution in [0.4, 0.5) is 10.5 Å². The molecule has 1 amide bonds. The van der Waals surface area contributed by atoms with Gasteiger partial charge in [-0.3, -0.25) is 10.2 Å². The molecule has 1 heterocycles. The number of carbonyl (C=O) groups is 1. The van der Waals surface area contributed by atoms with Gasteiger partial charge in [0.25, 0.3) is 0 Å². The minimum atomic E-state index is -0.395. The van der Waals surface area contributed by atoms with Crippen molar-refractivity contribution in [3.63, 3.8) is 0 Å². The molecule has 5 nitrogen and oxygen atoms in total. The van der Waals surface area contributed by atoms with Gasteiger partial charge in [0.2, 0.25) is 0 Å². The van der Waals surface area contributed by atoms with E-state index in [4.69, 9.17) is 9.47 Å². The fraction of sp³-hybridized carbons (Fsp3) is 0.500. The molecule has 1 aromatic carbocycles. The predicted octanol–water partition coefficient (Wildman–Crippen LogP) is 1.96. The van der Waals surface area contributed by atoms with Crippen LogP contribution in [0.3, 0.4) is 0 Å². The predicted molar refractivity (Wildman–Crippen MR) is 73.3 cm³/mol. The average molecular weight is 264 g/mol. The number of nitrogens with one attached hydrogen (secondary N) is 1. The zero-order chi connectivity index (χ0) is 13.3. The molecule has 0 atom stereocenters. The molecule has 1 fully saturated rings. The van der Waals surface area contributed by atoms with Gasteiger partial charge >= 0.3 is 6.09 Å². The number of morpholine rings is 1. The Kier molecular flexibility index (Phi) is 5.65. The third-order valence-corrected chi connectivity index (χ3v) is 2.98. The Hall–Kier alpha value is -1.59. The molecule has 1 N–H and O–H groups in total. The zero-order valence-corrected chi connectivity index (χ0v) is 11.0. The summed E-state index contributed by atoms with van der Waals surface area (Å²) in [5.74, 6) is 0. The number of hydrogen-bond donors (Lipinski definition) is 1. The molecule has 1 aliphatic rings. The van der Waals surface area contributed by atoms with E-state index in [1.807, 2.05) is 30.3 Å². The molecule has 104 valence electrons. The number of benzene rings is 1. The van der Waals surface area contributed by atoms with Gasteiger partial charge in [-0.25, -0.2) is 4.79 Å². The van der Waals surface area contributed by atoms with Gasteiger partial charge in [-0.1, -0.05) is 18.2 Å². The van der Waals surface area contributed by atoms with E-state index in [1.165, 1.54) is 0 Å². The third-order valence-electron chi connectivity index (χ3n) is 2.98. The van der Waals surface area contributed by atoms with Crippen LogP contribution < -0.4 is 5.32 Å². The molecule has 1 saturated heterocycles. The van der Waals surface area contributed by atoms with Crippen LogP contribution in [-0.2, 0) is 9.47 Å². The van der Waals surface area contributed by atoms with Crippen LogP contribution in [0.2, 0.25) is 0 Å². The summed E-state index contributed by atoms with van der Waals surface area (Å²) in [6, 6.07) is 9.30. The summed E-state index contributed by atoms with van der Waals surface area (Å²) in [6.45, 7) is 4.93. The Morgan fingerprint density at radius 2 is 2.00 bits per heavy atom. The molecule has 0 aromatic heterocycles. The summed E-state index contributed by atoms with van der Waals surface area (Å²) >= 11 is 0. The third kappa shape index (κ3) is 5.28. The first-order valence-corrected chi connectivity index (χ1v) is 6.63. The number of para-hydroxylation sites is 1. The molecule has 5 heteroatoms. The van der Waals surface area contributed by atoms with Crippen molar-refractivity contribution in [1.82, 2.24) is 4.90 Å². The Bertz CT molecular complexity index is 378. The monoisotopic (exact) mass is 264 g/mol. The Balaban J connectivity index is 1.56. The van der Waals surface area contributed by atoms with Crippen LogP contribution in [0.5, 0.6) is 0 Å². The summed E-state index contributed by atoms with van der Waals surface area (Å²) < 4.78 is 10.4. The smallest absolute Gasteiger partial charge is 0.411 e. The van der Waals surface area contributed by atoms with E-state index in [2.05, 4.69) is 10.2 Å². The van der Waals surface area contributed by atoms with Gasteiger partial charge in [0, 0.05) is 25.3 Å². The second-order valence-electron chi connectivity index (χ2n) is 4.43. The van der Waals surface area contributed by atoms with Gasteiger partial charge in [-0.05, 0) is 18.6 Å². The topological polar surface area (TPSA) is 50.8 Å². The van der Waals surface area contributed by atoms with Gasteiger partial charge in [0.1, 0.15) is 0 Å². The largest absolute Gasteiger partial charge is 0.449 e. The van der Waals surface area contributed by atoms with Crippen molar-refractivity contribution in [2.45, 2.75) is 6.42 Å². The van der Waals surface area contributed by atoms with Gasteiger partial charge in [-0.2, -0.15) is 0 Å². The highest BCUT2D eigenvalue weighted by molar-refractivity contribution is 5.84. The number of nitrogens with zero attached hydrogens (tertiary/aromatic N) is 1. The van der Waals surface area contributed by atoms with E-state index in [1.54, 1.807) is 0 Å².